The first kappa shape index (κ1) is 16.4. The van der Waals surface area contributed by atoms with Gasteiger partial charge >= 0.3 is 0 Å². The molecule has 106 valence electrons. The fourth-order valence-electron chi connectivity index (χ4n) is 2.10. The fourth-order valence-corrected chi connectivity index (χ4v) is 2.59. The summed E-state index contributed by atoms with van der Waals surface area (Å²) in [5.41, 5.74) is 0.826. The standard InChI is InChI=1S/C13H16BrFN2O.ClH/c1-9-8-17(5-4-16-9)13(18)6-10-2-3-11(15)7-12(10)14;/h2-3,7,9,16H,4-6,8H2,1H3;1H. The number of amides is 1. The van der Waals surface area contributed by atoms with Crippen molar-refractivity contribution in [2.75, 3.05) is 19.6 Å². The number of rotatable bonds is 2. The number of benzene rings is 1. The lowest BCUT2D eigenvalue weighted by molar-refractivity contribution is -0.131. The van der Waals surface area contributed by atoms with Gasteiger partial charge in [-0.05, 0) is 24.6 Å². The van der Waals surface area contributed by atoms with Gasteiger partial charge in [0.25, 0.3) is 0 Å². The second-order valence-electron chi connectivity index (χ2n) is 4.61. The molecule has 1 fully saturated rings. The molecule has 1 aliphatic rings. The summed E-state index contributed by atoms with van der Waals surface area (Å²) in [4.78, 5) is 14.0. The molecule has 1 saturated heterocycles. The van der Waals surface area contributed by atoms with E-state index in [1.807, 2.05) is 4.90 Å². The lowest BCUT2D eigenvalue weighted by Gasteiger charge is -2.32. The van der Waals surface area contributed by atoms with Crippen molar-refractivity contribution in [3.8, 4) is 0 Å². The molecular formula is C13H17BrClFN2O. The summed E-state index contributed by atoms with van der Waals surface area (Å²) in [6, 6.07) is 4.76. The average Bonchev–Trinajstić information content (AvgIpc) is 2.32. The first-order chi connectivity index (χ1) is 8.56. The summed E-state index contributed by atoms with van der Waals surface area (Å²) >= 11 is 3.29. The maximum atomic E-state index is 13.0. The van der Waals surface area contributed by atoms with Crippen LogP contribution in [0.2, 0.25) is 0 Å². The maximum Gasteiger partial charge on any atom is 0.227 e. The van der Waals surface area contributed by atoms with E-state index in [0.717, 1.165) is 25.2 Å². The number of hydrogen-bond acceptors (Lipinski definition) is 2. The van der Waals surface area contributed by atoms with E-state index in [1.54, 1.807) is 6.07 Å². The molecule has 1 unspecified atom stereocenters. The minimum absolute atomic E-state index is 0. The molecule has 0 aromatic heterocycles. The molecule has 2 rings (SSSR count). The van der Waals surface area contributed by atoms with Crippen LogP contribution in [0.5, 0.6) is 0 Å². The number of carbonyl (C=O) groups excluding carboxylic acids is 1. The van der Waals surface area contributed by atoms with E-state index in [2.05, 4.69) is 28.2 Å². The van der Waals surface area contributed by atoms with Gasteiger partial charge in [0, 0.05) is 30.1 Å². The van der Waals surface area contributed by atoms with Gasteiger partial charge in [-0.2, -0.15) is 0 Å². The van der Waals surface area contributed by atoms with Crippen LogP contribution in [0.15, 0.2) is 22.7 Å². The fraction of sp³-hybridized carbons (Fsp3) is 0.462. The van der Waals surface area contributed by atoms with E-state index >= 15 is 0 Å². The molecular weight excluding hydrogens is 335 g/mol. The van der Waals surface area contributed by atoms with E-state index in [0.29, 0.717) is 16.9 Å². The lowest BCUT2D eigenvalue weighted by Crippen LogP contribution is -2.51. The monoisotopic (exact) mass is 350 g/mol. The van der Waals surface area contributed by atoms with Gasteiger partial charge in [0.05, 0.1) is 6.42 Å². The van der Waals surface area contributed by atoms with Crippen LogP contribution in [0.1, 0.15) is 12.5 Å². The Morgan fingerprint density at radius 2 is 2.32 bits per heavy atom. The minimum atomic E-state index is -0.297. The van der Waals surface area contributed by atoms with Crippen LogP contribution in [0.4, 0.5) is 4.39 Å². The van der Waals surface area contributed by atoms with Crippen molar-refractivity contribution in [2.45, 2.75) is 19.4 Å². The average molecular weight is 352 g/mol. The summed E-state index contributed by atoms with van der Waals surface area (Å²) < 4.78 is 13.6. The van der Waals surface area contributed by atoms with E-state index < -0.39 is 0 Å². The first-order valence-corrected chi connectivity index (χ1v) is 6.80. The number of carbonyl (C=O) groups is 1. The molecule has 6 heteroatoms. The van der Waals surface area contributed by atoms with Crippen molar-refractivity contribution in [3.05, 3.63) is 34.1 Å². The van der Waals surface area contributed by atoms with Gasteiger partial charge in [-0.3, -0.25) is 4.79 Å². The lowest BCUT2D eigenvalue weighted by atomic mass is 10.1. The topological polar surface area (TPSA) is 32.3 Å². The number of nitrogens with zero attached hydrogens (tertiary/aromatic N) is 1. The first-order valence-electron chi connectivity index (χ1n) is 6.01. The van der Waals surface area contributed by atoms with Crippen LogP contribution in [-0.4, -0.2) is 36.5 Å². The highest BCUT2D eigenvalue weighted by Crippen LogP contribution is 2.19. The maximum absolute atomic E-state index is 13.0. The SMILES string of the molecule is CC1CN(C(=O)Cc2ccc(F)cc2Br)CCN1.Cl. The molecule has 3 nitrogen and oxygen atoms in total. The molecule has 1 N–H and O–H groups in total. The van der Waals surface area contributed by atoms with Crippen molar-refractivity contribution >= 4 is 34.2 Å². The van der Waals surface area contributed by atoms with Crippen LogP contribution in [0, 0.1) is 5.82 Å². The number of nitrogens with one attached hydrogen (secondary N) is 1. The number of hydrogen-bond donors (Lipinski definition) is 1. The highest BCUT2D eigenvalue weighted by Gasteiger charge is 2.21. The normalized spacial score (nSPS) is 18.9. The molecule has 1 atom stereocenters. The minimum Gasteiger partial charge on any atom is -0.340 e. The van der Waals surface area contributed by atoms with Gasteiger partial charge in [0.2, 0.25) is 5.91 Å². The van der Waals surface area contributed by atoms with Gasteiger partial charge in [-0.25, -0.2) is 4.39 Å². The largest absolute Gasteiger partial charge is 0.340 e. The second kappa shape index (κ2) is 7.22. The molecule has 1 aliphatic heterocycles. The Morgan fingerprint density at radius 1 is 1.58 bits per heavy atom. The second-order valence-corrected chi connectivity index (χ2v) is 5.46. The van der Waals surface area contributed by atoms with Crippen molar-refractivity contribution < 1.29 is 9.18 Å². The summed E-state index contributed by atoms with van der Waals surface area (Å²) in [5.74, 6) is -0.204. The van der Waals surface area contributed by atoms with E-state index in [-0.39, 0.29) is 24.1 Å². The quantitative estimate of drug-likeness (QED) is 0.887. The van der Waals surface area contributed by atoms with Crippen molar-refractivity contribution in [1.29, 1.82) is 0 Å². The third-order valence-electron chi connectivity index (χ3n) is 3.08. The molecule has 1 aromatic rings. The van der Waals surface area contributed by atoms with E-state index in [4.69, 9.17) is 0 Å². The van der Waals surface area contributed by atoms with Crippen molar-refractivity contribution in [3.63, 3.8) is 0 Å². The Labute approximate surface area is 127 Å². The van der Waals surface area contributed by atoms with E-state index in [1.165, 1.54) is 12.1 Å². The zero-order valence-electron chi connectivity index (χ0n) is 10.7. The molecule has 0 aliphatic carbocycles. The zero-order chi connectivity index (χ0) is 13.1. The van der Waals surface area contributed by atoms with Crippen molar-refractivity contribution in [1.82, 2.24) is 10.2 Å². The van der Waals surface area contributed by atoms with E-state index in [9.17, 15) is 9.18 Å². The molecule has 1 heterocycles. The Hall–Kier alpha value is -0.650. The van der Waals surface area contributed by atoms with Crippen LogP contribution < -0.4 is 5.32 Å². The molecule has 19 heavy (non-hydrogen) atoms. The van der Waals surface area contributed by atoms with Crippen LogP contribution in [0.25, 0.3) is 0 Å². The Bertz CT molecular complexity index is 458. The zero-order valence-corrected chi connectivity index (χ0v) is 13.1. The highest BCUT2D eigenvalue weighted by atomic mass is 79.9. The van der Waals surface area contributed by atoms with Gasteiger partial charge < -0.3 is 10.2 Å². The predicted molar refractivity (Wildman–Crippen MR) is 79.1 cm³/mol. The van der Waals surface area contributed by atoms with Crippen molar-refractivity contribution in [2.24, 2.45) is 0 Å². The summed E-state index contributed by atoms with van der Waals surface area (Å²) in [6.07, 6.45) is 0.313. The highest BCUT2D eigenvalue weighted by molar-refractivity contribution is 9.10. The van der Waals surface area contributed by atoms with Crippen LogP contribution in [-0.2, 0) is 11.2 Å². The number of piperazine rings is 1. The molecule has 0 bridgehead atoms. The number of halogens is 3. The van der Waals surface area contributed by atoms with Crippen LogP contribution >= 0.6 is 28.3 Å². The third-order valence-corrected chi connectivity index (χ3v) is 3.82. The molecule has 0 saturated carbocycles. The van der Waals surface area contributed by atoms with Gasteiger partial charge in [0.1, 0.15) is 5.82 Å². The molecule has 0 radical (unpaired) electrons. The molecule has 1 amide bonds. The Morgan fingerprint density at radius 3 is 2.95 bits per heavy atom. The van der Waals surface area contributed by atoms with Gasteiger partial charge in [-0.1, -0.05) is 22.0 Å². The van der Waals surface area contributed by atoms with Crippen LogP contribution in [0.3, 0.4) is 0 Å². The van der Waals surface area contributed by atoms with Gasteiger partial charge in [-0.15, -0.1) is 12.4 Å². The Balaban J connectivity index is 0.00000180. The van der Waals surface area contributed by atoms with Gasteiger partial charge in [0.15, 0.2) is 0 Å². The predicted octanol–water partition coefficient (Wildman–Crippen LogP) is 2.37. The molecule has 1 aromatic carbocycles. The summed E-state index contributed by atoms with van der Waals surface area (Å²) in [5, 5.41) is 3.30. The Kier molecular flexibility index (Phi) is 6.23. The summed E-state index contributed by atoms with van der Waals surface area (Å²) in [7, 11) is 0. The third kappa shape index (κ3) is 4.44. The molecule has 0 spiro atoms. The smallest absolute Gasteiger partial charge is 0.227 e. The summed E-state index contributed by atoms with van der Waals surface area (Å²) in [6.45, 7) is 4.37.